The van der Waals surface area contributed by atoms with Crippen molar-refractivity contribution in [2.75, 3.05) is 26.3 Å². The largest absolute Gasteiger partial charge is 0.348 e. The summed E-state index contributed by atoms with van der Waals surface area (Å²) in [6.07, 6.45) is 5.18. The third kappa shape index (κ3) is 3.59. The summed E-state index contributed by atoms with van der Waals surface area (Å²) in [6.45, 7) is 4.70. The second-order valence-electron chi connectivity index (χ2n) is 6.61. The molecule has 6 nitrogen and oxygen atoms in total. The van der Waals surface area contributed by atoms with Crippen LogP contribution in [0.3, 0.4) is 0 Å². The van der Waals surface area contributed by atoms with Crippen molar-refractivity contribution >= 4 is 10.2 Å². The zero-order valence-corrected chi connectivity index (χ0v) is 13.5. The van der Waals surface area contributed by atoms with Gasteiger partial charge in [-0.15, -0.1) is 0 Å². The summed E-state index contributed by atoms with van der Waals surface area (Å²) in [4.78, 5) is 0. The van der Waals surface area contributed by atoms with Crippen LogP contribution >= 0.6 is 0 Å². The monoisotopic (exact) mass is 318 g/mol. The summed E-state index contributed by atoms with van der Waals surface area (Å²) in [6, 6.07) is 0.00524. The number of rotatable bonds is 3. The number of hydrogen-bond acceptors (Lipinski definition) is 4. The lowest BCUT2D eigenvalue weighted by molar-refractivity contribution is -0.178. The van der Waals surface area contributed by atoms with Crippen molar-refractivity contribution in [1.29, 1.82) is 0 Å². The van der Waals surface area contributed by atoms with Crippen molar-refractivity contribution in [2.24, 2.45) is 5.92 Å². The number of piperidine rings is 1. The highest BCUT2D eigenvalue weighted by Gasteiger charge is 2.41. The molecular formula is C14H26N2O4S. The maximum Gasteiger partial charge on any atom is 0.279 e. The van der Waals surface area contributed by atoms with Gasteiger partial charge in [-0.3, -0.25) is 0 Å². The first-order chi connectivity index (χ1) is 9.99. The van der Waals surface area contributed by atoms with Crippen LogP contribution in [-0.2, 0) is 19.7 Å². The van der Waals surface area contributed by atoms with Crippen LogP contribution in [0, 0.1) is 5.92 Å². The molecule has 0 aromatic carbocycles. The van der Waals surface area contributed by atoms with Gasteiger partial charge in [0.15, 0.2) is 5.79 Å². The van der Waals surface area contributed by atoms with Crippen molar-refractivity contribution in [3.63, 3.8) is 0 Å². The van der Waals surface area contributed by atoms with Crippen LogP contribution in [0.4, 0.5) is 0 Å². The molecule has 3 aliphatic rings. The molecule has 1 atom stereocenters. The van der Waals surface area contributed by atoms with Crippen LogP contribution in [-0.4, -0.2) is 50.9 Å². The second-order valence-corrected chi connectivity index (χ2v) is 8.31. The molecule has 1 saturated carbocycles. The van der Waals surface area contributed by atoms with E-state index < -0.39 is 16.0 Å². The minimum absolute atomic E-state index is 0.00524. The van der Waals surface area contributed by atoms with Crippen molar-refractivity contribution in [3.8, 4) is 0 Å². The molecule has 0 radical (unpaired) electrons. The van der Waals surface area contributed by atoms with Gasteiger partial charge in [-0.1, -0.05) is 6.92 Å². The second kappa shape index (κ2) is 6.12. The smallest absolute Gasteiger partial charge is 0.279 e. The van der Waals surface area contributed by atoms with E-state index in [-0.39, 0.29) is 6.04 Å². The predicted octanol–water partition coefficient (Wildman–Crippen LogP) is 1.24. The SMILES string of the molecule is CC1CCCN(S(=O)(=O)NC2CCC3(CC2)OCCO3)C1. The van der Waals surface area contributed by atoms with E-state index in [0.29, 0.717) is 32.2 Å². The normalized spacial score (nSPS) is 31.8. The van der Waals surface area contributed by atoms with Crippen LogP contribution in [0.1, 0.15) is 45.4 Å². The average Bonchev–Trinajstić information content (AvgIpc) is 2.90. The highest BCUT2D eigenvalue weighted by atomic mass is 32.2. The highest BCUT2D eigenvalue weighted by Crippen LogP contribution is 2.36. The first kappa shape index (κ1) is 15.7. The van der Waals surface area contributed by atoms with Crippen LogP contribution in [0.25, 0.3) is 0 Å². The lowest BCUT2D eigenvalue weighted by Gasteiger charge is -2.37. The van der Waals surface area contributed by atoms with Gasteiger partial charge >= 0.3 is 0 Å². The molecule has 0 aromatic heterocycles. The summed E-state index contributed by atoms with van der Waals surface area (Å²) in [7, 11) is -3.35. The summed E-state index contributed by atoms with van der Waals surface area (Å²) < 4.78 is 40.8. The van der Waals surface area contributed by atoms with E-state index in [1.807, 2.05) is 0 Å². The lowest BCUT2D eigenvalue weighted by atomic mass is 9.91. The average molecular weight is 318 g/mol. The highest BCUT2D eigenvalue weighted by molar-refractivity contribution is 7.87. The van der Waals surface area contributed by atoms with Crippen LogP contribution in [0.15, 0.2) is 0 Å². The molecule has 7 heteroatoms. The van der Waals surface area contributed by atoms with Gasteiger partial charge in [0.05, 0.1) is 13.2 Å². The van der Waals surface area contributed by atoms with E-state index in [0.717, 1.165) is 38.5 Å². The van der Waals surface area contributed by atoms with Crippen molar-refractivity contribution in [1.82, 2.24) is 9.03 Å². The first-order valence-corrected chi connectivity index (χ1v) is 9.48. The first-order valence-electron chi connectivity index (χ1n) is 8.04. The Bertz CT molecular complexity index is 452. The number of hydrogen-bond donors (Lipinski definition) is 1. The minimum Gasteiger partial charge on any atom is -0.348 e. The summed E-state index contributed by atoms with van der Waals surface area (Å²) in [5.41, 5.74) is 0. The molecule has 3 fully saturated rings. The Labute approximate surface area is 127 Å². The van der Waals surface area contributed by atoms with Gasteiger partial charge in [0.25, 0.3) is 10.2 Å². The molecule has 122 valence electrons. The summed E-state index contributed by atoms with van der Waals surface area (Å²) in [5, 5.41) is 0. The van der Waals surface area contributed by atoms with Crippen molar-refractivity contribution in [2.45, 2.75) is 57.3 Å². The van der Waals surface area contributed by atoms with E-state index >= 15 is 0 Å². The molecular weight excluding hydrogens is 292 g/mol. The maximum atomic E-state index is 12.5. The van der Waals surface area contributed by atoms with Crippen molar-refractivity contribution in [3.05, 3.63) is 0 Å². The number of nitrogens with zero attached hydrogens (tertiary/aromatic N) is 1. The molecule has 1 unspecified atom stereocenters. The molecule has 0 bridgehead atoms. The molecule has 0 aromatic rings. The predicted molar refractivity (Wildman–Crippen MR) is 78.9 cm³/mol. The number of ether oxygens (including phenoxy) is 2. The Morgan fingerprint density at radius 3 is 2.43 bits per heavy atom. The molecule has 2 aliphatic heterocycles. The van der Waals surface area contributed by atoms with Gasteiger partial charge in [0.2, 0.25) is 0 Å². The standard InChI is InChI=1S/C14H26N2O4S/c1-12-3-2-8-16(11-12)21(17,18)15-13-4-6-14(7-5-13)19-9-10-20-14/h12-13,15H,2-11H2,1H3. The zero-order valence-electron chi connectivity index (χ0n) is 12.7. The lowest BCUT2D eigenvalue weighted by Crippen LogP contribution is -2.51. The van der Waals surface area contributed by atoms with Crippen molar-refractivity contribution < 1.29 is 17.9 Å². The minimum atomic E-state index is -3.35. The Morgan fingerprint density at radius 2 is 1.81 bits per heavy atom. The quantitative estimate of drug-likeness (QED) is 0.850. The summed E-state index contributed by atoms with van der Waals surface area (Å²) >= 11 is 0. The van der Waals surface area contributed by atoms with Gasteiger partial charge < -0.3 is 9.47 Å². The number of nitrogens with one attached hydrogen (secondary N) is 1. The van der Waals surface area contributed by atoms with Gasteiger partial charge in [-0.2, -0.15) is 17.4 Å². The fourth-order valence-electron chi connectivity index (χ4n) is 3.61. The van der Waals surface area contributed by atoms with Gasteiger partial charge in [-0.05, 0) is 31.6 Å². The fourth-order valence-corrected chi connectivity index (χ4v) is 5.24. The topological polar surface area (TPSA) is 67.9 Å². The Morgan fingerprint density at radius 1 is 1.14 bits per heavy atom. The van der Waals surface area contributed by atoms with Gasteiger partial charge in [0.1, 0.15) is 0 Å². The molecule has 2 heterocycles. The van der Waals surface area contributed by atoms with E-state index in [9.17, 15) is 8.42 Å². The van der Waals surface area contributed by atoms with Gasteiger partial charge in [-0.25, -0.2) is 0 Å². The summed E-state index contributed by atoms with van der Waals surface area (Å²) in [5.74, 6) is 0.0203. The molecule has 1 N–H and O–H groups in total. The Hall–Kier alpha value is -0.210. The third-order valence-electron chi connectivity index (χ3n) is 4.84. The van der Waals surface area contributed by atoms with E-state index in [2.05, 4.69) is 11.6 Å². The Kier molecular flexibility index (Phi) is 4.57. The Balaban J connectivity index is 1.54. The molecule has 2 saturated heterocycles. The van der Waals surface area contributed by atoms with Crippen LogP contribution in [0.5, 0.6) is 0 Å². The molecule has 0 amide bonds. The third-order valence-corrected chi connectivity index (χ3v) is 6.48. The maximum absolute atomic E-state index is 12.5. The molecule has 1 aliphatic carbocycles. The fraction of sp³-hybridized carbons (Fsp3) is 1.00. The molecule has 3 rings (SSSR count). The molecule has 1 spiro atoms. The van der Waals surface area contributed by atoms with E-state index in [4.69, 9.17) is 9.47 Å². The van der Waals surface area contributed by atoms with E-state index in [1.165, 1.54) is 0 Å². The van der Waals surface area contributed by atoms with Crippen LogP contribution < -0.4 is 4.72 Å². The zero-order chi connectivity index (χ0) is 14.9. The molecule has 21 heavy (non-hydrogen) atoms. The van der Waals surface area contributed by atoms with E-state index in [1.54, 1.807) is 4.31 Å². The van der Waals surface area contributed by atoms with Crippen LogP contribution in [0.2, 0.25) is 0 Å². The van der Waals surface area contributed by atoms with Gasteiger partial charge in [0, 0.05) is 32.0 Å².